The molecule has 0 aliphatic carbocycles. The highest BCUT2D eigenvalue weighted by atomic mass is 79.9. The van der Waals surface area contributed by atoms with Crippen LogP contribution in [0.25, 0.3) is 0 Å². The largest absolute Gasteiger partial charge is 0.444 e. The predicted octanol–water partition coefficient (Wildman–Crippen LogP) is 2.78. The van der Waals surface area contributed by atoms with Crippen molar-refractivity contribution in [1.29, 1.82) is 0 Å². The highest BCUT2D eigenvalue weighted by Crippen LogP contribution is 2.22. The summed E-state index contributed by atoms with van der Waals surface area (Å²) in [6.07, 6.45) is 1.33. The Balaban J connectivity index is 1.96. The van der Waals surface area contributed by atoms with E-state index in [9.17, 15) is 14.9 Å². The molecule has 19 heavy (non-hydrogen) atoms. The summed E-state index contributed by atoms with van der Waals surface area (Å²) in [7, 11) is 0. The third-order valence-corrected chi connectivity index (χ3v) is 3.35. The maximum atomic E-state index is 11.5. The van der Waals surface area contributed by atoms with Crippen molar-refractivity contribution in [3.8, 4) is 0 Å². The average molecular weight is 344 g/mol. The molecule has 0 saturated carbocycles. The lowest BCUT2D eigenvalue weighted by molar-refractivity contribution is -0.380. The molecule has 0 unspecified atom stereocenters. The number of nitrogens with zero attached hydrogens (tertiary/aromatic N) is 2. The van der Waals surface area contributed by atoms with E-state index in [1.54, 1.807) is 12.1 Å². The fraction of sp³-hybridized carbons (Fsp3) is 0. The number of nitro groups is 1. The summed E-state index contributed by atoms with van der Waals surface area (Å²) < 4.78 is 5.47. The Bertz CT molecular complexity index is 649. The van der Waals surface area contributed by atoms with Crippen molar-refractivity contribution in [2.75, 3.05) is 0 Å². The summed E-state index contributed by atoms with van der Waals surface area (Å²) in [4.78, 5) is 22.1. The molecule has 7 nitrogen and oxygen atoms in total. The molecule has 0 spiro atoms. The highest BCUT2D eigenvalue weighted by Gasteiger charge is 2.10. The smallest absolute Gasteiger partial charge is 0.324 e. The van der Waals surface area contributed by atoms with Gasteiger partial charge in [0.2, 0.25) is 0 Å². The molecular weight excluding hydrogens is 338 g/mol. The van der Waals surface area contributed by atoms with Gasteiger partial charge in [-0.2, -0.15) is 5.10 Å². The molecule has 0 saturated heterocycles. The van der Waals surface area contributed by atoms with E-state index >= 15 is 0 Å². The van der Waals surface area contributed by atoms with Crippen molar-refractivity contribution in [2.45, 2.75) is 0 Å². The van der Waals surface area contributed by atoms with Gasteiger partial charge in [-0.05, 0) is 34.1 Å². The molecule has 0 aliphatic rings. The first-order valence-electron chi connectivity index (χ1n) is 4.89. The molecule has 9 heteroatoms. The first-order valence-corrected chi connectivity index (χ1v) is 6.50. The Hall–Kier alpha value is -2.00. The molecule has 2 rings (SSSR count). The molecule has 0 fully saturated rings. The van der Waals surface area contributed by atoms with Gasteiger partial charge in [0.1, 0.15) is 0 Å². The molecule has 1 N–H and O–H groups in total. The number of carbonyl (C=O) groups is 1. The average Bonchev–Trinajstić information content (AvgIpc) is 2.98. The number of nitrogens with one attached hydrogen (secondary N) is 1. The van der Waals surface area contributed by atoms with Crippen LogP contribution in [0.5, 0.6) is 0 Å². The van der Waals surface area contributed by atoms with Gasteiger partial charge < -0.3 is 4.42 Å². The second-order valence-corrected chi connectivity index (χ2v) is 5.11. The third kappa shape index (κ3) is 3.48. The van der Waals surface area contributed by atoms with E-state index in [1.165, 1.54) is 18.3 Å². The Labute approximate surface area is 119 Å². The molecule has 1 amide bonds. The van der Waals surface area contributed by atoms with Crippen LogP contribution in [-0.2, 0) is 0 Å². The molecule has 0 aromatic carbocycles. The van der Waals surface area contributed by atoms with Crippen LogP contribution in [0.4, 0.5) is 5.00 Å². The second kappa shape index (κ2) is 5.76. The lowest BCUT2D eigenvalue weighted by atomic mass is 10.4. The van der Waals surface area contributed by atoms with Crippen LogP contribution in [0.1, 0.15) is 15.4 Å². The van der Waals surface area contributed by atoms with Gasteiger partial charge in [-0.1, -0.05) is 11.3 Å². The molecule has 2 heterocycles. The van der Waals surface area contributed by atoms with Crippen LogP contribution in [-0.4, -0.2) is 17.0 Å². The Morgan fingerprint density at radius 2 is 2.26 bits per heavy atom. The number of amides is 1. The van der Waals surface area contributed by atoms with Gasteiger partial charge in [-0.3, -0.25) is 14.9 Å². The zero-order valence-electron chi connectivity index (χ0n) is 9.20. The van der Waals surface area contributed by atoms with Crippen molar-refractivity contribution in [2.24, 2.45) is 5.10 Å². The number of hydrazone groups is 1. The van der Waals surface area contributed by atoms with Gasteiger partial charge in [0.15, 0.2) is 10.4 Å². The fourth-order valence-electron chi connectivity index (χ4n) is 1.16. The van der Waals surface area contributed by atoms with Gasteiger partial charge in [-0.25, -0.2) is 5.43 Å². The number of hydrogen-bond donors (Lipinski definition) is 1. The molecule has 98 valence electrons. The van der Waals surface area contributed by atoms with E-state index in [2.05, 4.69) is 26.5 Å². The molecule has 2 aromatic rings. The third-order valence-electron chi connectivity index (χ3n) is 1.95. The predicted molar refractivity (Wildman–Crippen MR) is 72.4 cm³/mol. The molecule has 0 atom stereocenters. The van der Waals surface area contributed by atoms with Crippen LogP contribution in [0.3, 0.4) is 0 Å². The molecule has 0 bridgehead atoms. The SMILES string of the molecule is O=C(NN=Cc1ccc([N+](=O)[O-])s1)c1ccc(Br)o1. The summed E-state index contributed by atoms with van der Waals surface area (Å²) in [6, 6.07) is 5.99. The highest BCUT2D eigenvalue weighted by molar-refractivity contribution is 9.10. The standard InChI is InChI=1S/C10H6BrN3O4S/c11-8-3-2-7(18-8)10(15)13-12-5-6-1-4-9(19-6)14(16)17/h1-5H,(H,13,15). The summed E-state index contributed by atoms with van der Waals surface area (Å²) >= 11 is 4.04. The summed E-state index contributed by atoms with van der Waals surface area (Å²) in [5.41, 5.74) is 2.25. The maximum absolute atomic E-state index is 11.5. The van der Waals surface area contributed by atoms with Crippen LogP contribution in [0.2, 0.25) is 0 Å². The lowest BCUT2D eigenvalue weighted by Gasteiger charge is -1.93. The minimum absolute atomic E-state index is 0.0164. The number of halogens is 1. The Morgan fingerprint density at radius 1 is 1.47 bits per heavy atom. The summed E-state index contributed by atoms with van der Waals surface area (Å²) in [5, 5.41) is 14.2. The number of furan rings is 1. The van der Waals surface area contributed by atoms with Crippen molar-refractivity contribution in [3.63, 3.8) is 0 Å². The number of carbonyl (C=O) groups excluding carboxylic acids is 1. The van der Waals surface area contributed by atoms with E-state index in [-0.39, 0.29) is 10.8 Å². The number of hydrogen-bond acceptors (Lipinski definition) is 6. The monoisotopic (exact) mass is 343 g/mol. The first-order chi connectivity index (χ1) is 9.06. The summed E-state index contributed by atoms with van der Waals surface area (Å²) in [5.74, 6) is -0.394. The van der Waals surface area contributed by atoms with Crippen LogP contribution in [0, 0.1) is 10.1 Å². The number of rotatable bonds is 4. The van der Waals surface area contributed by atoms with E-state index in [4.69, 9.17) is 4.42 Å². The first kappa shape index (κ1) is 13.4. The van der Waals surface area contributed by atoms with E-state index in [0.29, 0.717) is 9.55 Å². The van der Waals surface area contributed by atoms with Gasteiger partial charge in [-0.15, -0.1) is 0 Å². The lowest BCUT2D eigenvalue weighted by Crippen LogP contribution is -2.16. The maximum Gasteiger partial charge on any atom is 0.324 e. The van der Waals surface area contributed by atoms with Crippen molar-refractivity contribution >= 4 is 44.4 Å². The normalized spacial score (nSPS) is 10.8. The van der Waals surface area contributed by atoms with Crippen molar-refractivity contribution < 1.29 is 14.1 Å². The summed E-state index contributed by atoms with van der Waals surface area (Å²) in [6.45, 7) is 0. The zero-order chi connectivity index (χ0) is 13.8. The fourth-order valence-corrected chi connectivity index (χ4v) is 2.16. The molecule has 0 aliphatic heterocycles. The van der Waals surface area contributed by atoms with E-state index in [1.807, 2.05) is 0 Å². The quantitative estimate of drug-likeness (QED) is 0.524. The van der Waals surface area contributed by atoms with Crippen LogP contribution in [0.15, 0.2) is 38.5 Å². The van der Waals surface area contributed by atoms with Crippen molar-refractivity contribution in [1.82, 2.24) is 5.43 Å². The topological polar surface area (TPSA) is 97.7 Å². The van der Waals surface area contributed by atoms with Crippen molar-refractivity contribution in [3.05, 3.63) is 49.7 Å². The van der Waals surface area contributed by atoms with Gasteiger partial charge >= 0.3 is 10.9 Å². The molecule has 0 radical (unpaired) electrons. The number of thiophene rings is 1. The van der Waals surface area contributed by atoms with E-state index in [0.717, 1.165) is 11.3 Å². The Morgan fingerprint density at radius 3 is 2.84 bits per heavy atom. The Kier molecular flexibility index (Phi) is 4.07. The van der Waals surface area contributed by atoms with Gasteiger partial charge in [0.25, 0.3) is 0 Å². The molecular formula is C10H6BrN3O4S. The van der Waals surface area contributed by atoms with Gasteiger partial charge in [0, 0.05) is 6.07 Å². The zero-order valence-corrected chi connectivity index (χ0v) is 11.6. The van der Waals surface area contributed by atoms with E-state index < -0.39 is 10.8 Å². The second-order valence-electron chi connectivity index (χ2n) is 3.24. The minimum atomic E-state index is -0.506. The molecule has 2 aromatic heterocycles. The minimum Gasteiger partial charge on any atom is -0.444 e. The van der Waals surface area contributed by atoms with Crippen LogP contribution < -0.4 is 5.43 Å². The van der Waals surface area contributed by atoms with Gasteiger partial charge in [0.05, 0.1) is 16.0 Å². The van der Waals surface area contributed by atoms with Crippen LogP contribution >= 0.6 is 27.3 Å².